The Morgan fingerprint density at radius 1 is 1.26 bits per heavy atom. The van der Waals surface area contributed by atoms with E-state index in [1.54, 1.807) is 13.8 Å². The number of nitrogens with zero attached hydrogens (tertiary/aromatic N) is 2. The maximum Gasteiger partial charge on any atom is 0.305 e. The van der Waals surface area contributed by atoms with E-state index in [-0.39, 0.29) is 60.9 Å². The van der Waals surface area contributed by atoms with E-state index in [0.29, 0.717) is 0 Å². The molecule has 0 atom stereocenters. The SMILES string of the molecule is CC(C)N(CCC(=O)O)C(=O)c1ccc(S(=O)(=O)N2CCNC(=O)C2)cc1. The second-order valence-corrected chi connectivity index (χ2v) is 8.39. The number of rotatable bonds is 7. The third-order valence-electron chi connectivity index (χ3n) is 4.19. The molecule has 1 aliphatic rings. The molecule has 10 heteroatoms. The number of hydrogen-bond acceptors (Lipinski definition) is 5. The predicted octanol–water partition coefficient (Wildman–Crippen LogP) is 0.132. The third kappa shape index (κ3) is 5.04. The number of amides is 2. The van der Waals surface area contributed by atoms with E-state index >= 15 is 0 Å². The monoisotopic (exact) mass is 397 g/mol. The zero-order valence-corrected chi connectivity index (χ0v) is 16.0. The van der Waals surface area contributed by atoms with E-state index in [1.165, 1.54) is 29.2 Å². The van der Waals surface area contributed by atoms with Crippen molar-refractivity contribution in [2.75, 3.05) is 26.2 Å². The van der Waals surface area contributed by atoms with Crippen molar-refractivity contribution in [3.05, 3.63) is 29.8 Å². The highest BCUT2D eigenvalue weighted by Crippen LogP contribution is 2.18. The Hall–Kier alpha value is -2.46. The molecule has 1 heterocycles. The van der Waals surface area contributed by atoms with Crippen LogP contribution in [0.1, 0.15) is 30.6 Å². The van der Waals surface area contributed by atoms with E-state index in [0.717, 1.165) is 4.31 Å². The fraction of sp³-hybridized carbons (Fsp3) is 0.471. The van der Waals surface area contributed by atoms with Gasteiger partial charge >= 0.3 is 5.97 Å². The lowest BCUT2D eigenvalue weighted by Gasteiger charge is -2.27. The normalized spacial score (nSPS) is 15.4. The average Bonchev–Trinajstić information content (AvgIpc) is 2.61. The molecule has 0 bridgehead atoms. The van der Waals surface area contributed by atoms with Crippen molar-refractivity contribution in [3.8, 4) is 0 Å². The summed E-state index contributed by atoms with van der Waals surface area (Å²) in [4.78, 5) is 36.3. The lowest BCUT2D eigenvalue weighted by Crippen LogP contribution is -2.49. The van der Waals surface area contributed by atoms with Crippen molar-refractivity contribution in [2.45, 2.75) is 31.2 Å². The van der Waals surface area contributed by atoms with Gasteiger partial charge in [0.1, 0.15) is 0 Å². The molecule has 1 saturated heterocycles. The molecule has 2 amide bonds. The molecular weight excluding hydrogens is 374 g/mol. The summed E-state index contributed by atoms with van der Waals surface area (Å²) in [5.41, 5.74) is 0.268. The van der Waals surface area contributed by atoms with Gasteiger partial charge < -0.3 is 15.3 Å². The average molecular weight is 397 g/mol. The van der Waals surface area contributed by atoms with Gasteiger partial charge in [0.25, 0.3) is 5.91 Å². The number of carboxylic acid groups (broad SMARTS) is 1. The molecule has 1 fully saturated rings. The van der Waals surface area contributed by atoms with Crippen LogP contribution >= 0.6 is 0 Å². The minimum absolute atomic E-state index is 0.00428. The van der Waals surface area contributed by atoms with Gasteiger partial charge in [0.15, 0.2) is 0 Å². The number of carbonyl (C=O) groups is 3. The molecule has 1 aromatic carbocycles. The first-order chi connectivity index (χ1) is 12.6. The van der Waals surface area contributed by atoms with E-state index in [4.69, 9.17) is 5.11 Å². The predicted molar refractivity (Wildman–Crippen MR) is 96.6 cm³/mol. The van der Waals surface area contributed by atoms with Crippen molar-refractivity contribution in [3.63, 3.8) is 0 Å². The van der Waals surface area contributed by atoms with Crippen molar-refractivity contribution in [1.82, 2.24) is 14.5 Å². The summed E-state index contributed by atoms with van der Waals surface area (Å²) in [5.74, 6) is -1.73. The van der Waals surface area contributed by atoms with Crippen molar-refractivity contribution >= 4 is 27.8 Å². The number of carbonyl (C=O) groups excluding carboxylic acids is 2. The highest BCUT2D eigenvalue weighted by Gasteiger charge is 2.29. The maximum absolute atomic E-state index is 12.6. The molecule has 148 valence electrons. The Morgan fingerprint density at radius 3 is 2.41 bits per heavy atom. The van der Waals surface area contributed by atoms with Crippen LogP contribution in [0.15, 0.2) is 29.2 Å². The highest BCUT2D eigenvalue weighted by molar-refractivity contribution is 7.89. The van der Waals surface area contributed by atoms with Gasteiger partial charge in [0.05, 0.1) is 17.9 Å². The first-order valence-corrected chi connectivity index (χ1v) is 9.96. The summed E-state index contributed by atoms with van der Waals surface area (Å²) < 4.78 is 26.3. The molecule has 1 aromatic rings. The van der Waals surface area contributed by atoms with E-state index in [1.807, 2.05) is 0 Å². The van der Waals surface area contributed by atoms with Gasteiger partial charge in [-0.25, -0.2) is 8.42 Å². The van der Waals surface area contributed by atoms with Crippen LogP contribution in [0.4, 0.5) is 0 Å². The van der Waals surface area contributed by atoms with Gasteiger partial charge in [-0.05, 0) is 38.1 Å². The summed E-state index contributed by atoms with van der Waals surface area (Å²) in [6.45, 7) is 3.82. The maximum atomic E-state index is 12.6. The Balaban J connectivity index is 2.18. The minimum Gasteiger partial charge on any atom is -0.481 e. The second-order valence-electron chi connectivity index (χ2n) is 6.45. The van der Waals surface area contributed by atoms with E-state index in [2.05, 4.69) is 5.32 Å². The van der Waals surface area contributed by atoms with Crippen LogP contribution in [0.2, 0.25) is 0 Å². The Bertz CT molecular complexity index is 820. The van der Waals surface area contributed by atoms with Gasteiger partial charge in [-0.15, -0.1) is 0 Å². The topological polar surface area (TPSA) is 124 Å². The molecule has 0 spiro atoms. The van der Waals surface area contributed by atoms with E-state index in [9.17, 15) is 22.8 Å². The first kappa shape index (κ1) is 20.8. The van der Waals surface area contributed by atoms with Crippen molar-refractivity contribution < 1.29 is 27.9 Å². The molecule has 27 heavy (non-hydrogen) atoms. The smallest absolute Gasteiger partial charge is 0.305 e. The number of sulfonamides is 1. The van der Waals surface area contributed by atoms with Crippen molar-refractivity contribution in [2.24, 2.45) is 0 Å². The van der Waals surface area contributed by atoms with Gasteiger partial charge in [0.2, 0.25) is 15.9 Å². The molecule has 2 rings (SSSR count). The minimum atomic E-state index is -3.83. The fourth-order valence-corrected chi connectivity index (χ4v) is 4.11. The molecule has 2 N–H and O–H groups in total. The largest absolute Gasteiger partial charge is 0.481 e. The number of aliphatic carboxylic acids is 1. The number of benzene rings is 1. The van der Waals surface area contributed by atoms with Crippen LogP contribution in [0, 0.1) is 0 Å². The van der Waals surface area contributed by atoms with Gasteiger partial charge in [-0.2, -0.15) is 4.31 Å². The lowest BCUT2D eigenvalue weighted by molar-refractivity contribution is -0.137. The lowest BCUT2D eigenvalue weighted by atomic mass is 10.1. The summed E-state index contributed by atoms with van der Waals surface area (Å²) >= 11 is 0. The molecule has 1 aliphatic heterocycles. The second kappa shape index (κ2) is 8.49. The fourth-order valence-electron chi connectivity index (χ4n) is 2.72. The summed E-state index contributed by atoms with van der Waals surface area (Å²) in [7, 11) is -3.83. The van der Waals surface area contributed by atoms with Gasteiger partial charge in [-0.3, -0.25) is 14.4 Å². The molecule has 0 aliphatic carbocycles. The van der Waals surface area contributed by atoms with Crippen LogP contribution in [-0.2, 0) is 19.6 Å². The van der Waals surface area contributed by atoms with E-state index < -0.39 is 16.0 Å². The molecule has 0 radical (unpaired) electrons. The Kier molecular flexibility index (Phi) is 6.55. The quantitative estimate of drug-likeness (QED) is 0.674. The highest BCUT2D eigenvalue weighted by atomic mass is 32.2. The van der Waals surface area contributed by atoms with Gasteiger partial charge in [-0.1, -0.05) is 0 Å². The van der Waals surface area contributed by atoms with Crippen LogP contribution in [0.5, 0.6) is 0 Å². The van der Waals surface area contributed by atoms with Crippen molar-refractivity contribution in [1.29, 1.82) is 0 Å². The zero-order valence-electron chi connectivity index (χ0n) is 15.2. The van der Waals surface area contributed by atoms with Crippen LogP contribution < -0.4 is 5.32 Å². The molecule has 0 unspecified atom stereocenters. The Morgan fingerprint density at radius 2 is 1.89 bits per heavy atom. The summed E-state index contributed by atoms with van der Waals surface area (Å²) in [5, 5.41) is 11.4. The van der Waals surface area contributed by atoms with Gasteiger partial charge in [0, 0.05) is 31.2 Å². The molecule has 9 nitrogen and oxygen atoms in total. The molecular formula is C17H23N3O6S. The first-order valence-electron chi connectivity index (χ1n) is 8.52. The number of nitrogens with one attached hydrogen (secondary N) is 1. The zero-order chi connectivity index (χ0) is 20.2. The Labute approximate surface area is 158 Å². The molecule has 0 saturated carbocycles. The number of hydrogen-bond donors (Lipinski definition) is 2. The van der Waals surface area contributed by atoms with Crippen LogP contribution in [0.25, 0.3) is 0 Å². The van der Waals surface area contributed by atoms with Crippen LogP contribution in [-0.4, -0.2) is 72.7 Å². The summed E-state index contributed by atoms with van der Waals surface area (Å²) in [6.07, 6.45) is -0.173. The standard InChI is InChI=1S/C17H23N3O6S/c1-12(2)20(9-7-16(22)23)17(24)13-3-5-14(6-4-13)27(25,26)19-10-8-18-15(21)11-19/h3-6,12H,7-11H2,1-2H3,(H,18,21)(H,22,23). The molecule has 0 aromatic heterocycles. The third-order valence-corrected chi connectivity index (χ3v) is 6.05. The summed E-state index contributed by atoms with van der Waals surface area (Å²) in [6, 6.07) is 5.24. The van der Waals surface area contributed by atoms with Crippen LogP contribution in [0.3, 0.4) is 0 Å². The number of piperazine rings is 1. The number of carboxylic acids is 1.